The van der Waals surface area contributed by atoms with Gasteiger partial charge in [0.05, 0.1) is 25.7 Å². The van der Waals surface area contributed by atoms with Crippen molar-refractivity contribution in [1.29, 1.82) is 0 Å². The van der Waals surface area contributed by atoms with E-state index in [1.54, 1.807) is 0 Å². The molecule has 2 N–H and O–H groups in total. The average molecular weight is 281 g/mol. The number of aliphatic hydroxyl groups is 1. The van der Waals surface area contributed by atoms with E-state index in [2.05, 4.69) is 10.1 Å². The van der Waals surface area contributed by atoms with E-state index in [1.807, 2.05) is 30.3 Å². The molecule has 0 aromatic heterocycles. The van der Waals surface area contributed by atoms with Gasteiger partial charge in [0.2, 0.25) is 0 Å². The molecule has 0 heterocycles. The van der Waals surface area contributed by atoms with E-state index in [4.69, 9.17) is 4.74 Å². The molecule has 0 radical (unpaired) electrons. The Balaban J connectivity index is 2.44. The Bertz CT molecular complexity index is 432. The van der Waals surface area contributed by atoms with Crippen molar-refractivity contribution in [2.75, 3.05) is 7.11 Å². The molecule has 6 heteroatoms. The Morgan fingerprint density at radius 1 is 1.30 bits per heavy atom. The molecule has 0 saturated carbocycles. The first-order valence-corrected chi connectivity index (χ1v) is 6.25. The predicted octanol–water partition coefficient (Wildman–Crippen LogP) is 1.23. The van der Waals surface area contributed by atoms with E-state index in [9.17, 15) is 14.7 Å². The summed E-state index contributed by atoms with van der Waals surface area (Å²) < 4.78 is 9.51. The zero-order valence-corrected chi connectivity index (χ0v) is 11.5. The summed E-state index contributed by atoms with van der Waals surface area (Å²) in [4.78, 5) is 22.8. The fraction of sp³-hybridized carbons (Fsp3) is 0.429. The highest BCUT2D eigenvalue weighted by atomic mass is 16.5. The second-order valence-corrected chi connectivity index (χ2v) is 4.33. The summed E-state index contributed by atoms with van der Waals surface area (Å²) in [5.74, 6) is -0.515. The molecule has 0 bridgehead atoms. The molecule has 6 nitrogen and oxygen atoms in total. The van der Waals surface area contributed by atoms with Crippen LogP contribution in [-0.4, -0.2) is 36.4 Å². The second-order valence-electron chi connectivity index (χ2n) is 4.33. The van der Waals surface area contributed by atoms with Gasteiger partial charge in [0.25, 0.3) is 0 Å². The summed E-state index contributed by atoms with van der Waals surface area (Å²) >= 11 is 0. The highest BCUT2D eigenvalue weighted by Crippen LogP contribution is 2.04. The summed E-state index contributed by atoms with van der Waals surface area (Å²) in [6.45, 7) is 1.60. The highest BCUT2D eigenvalue weighted by Gasteiger charge is 2.22. The summed E-state index contributed by atoms with van der Waals surface area (Å²) in [5, 5.41) is 12.0. The number of nitrogens with one attached hydrogen (secondary N) is 1. The Labute approximate surface area is 117 Å². The van der Waals surface area contributed by atoms with Gasteiger partial charge in [0.1, 0.15) is 6.61 Å². The van der Waals surface area contributed by atoms with Gasteiger partial charge in [0, 0.05) is 0 Å². The van der Waals surface area contributed by atoms with Crippen LogP contribution < -0.4 is 5.32 Å². The summed E-state index contributed by atoms with van der Waals surface area (Å²) in [7, 11) is 1.25. The topological polar surface area (TPSA) is 84.9 Å². The molecule has 110 valence electrons. The third kappa shape index (κ3) is 5.71. The van der Waals surface area contributed by atoms with Crippen LogP contribution in [0.5, 0.6) is 0 Å². The lowest BCUT2D eigenvalue weighted by atomic mass is 10.1. The van der Waals surface area contributed by atoms with Gasteiger partial charge >= 0.3 is 12.1 Å². The number of ether oxygens (including phenoxy) is 2. The molecule has 1 aromatic carbocycles. The van der Waals surface area contributed by atoms with Gasteiger partial charge < -0.3 is 19.9 Å². The largest absolute Gasteiger partial charge is 0.469 e. The zero-order chi connectivity index (χ0) is 15.0. The van der Waals surface area contributed by atoms with Crippen molar-refractivity contribution in [3.63, 3.8) is 0 Å². The lowest BCUT2D eigenvalue weighted by molar-refractivity contribution is -0.141. The lowest BCUT2D eigenvalue weighted by Crippen LogP contribution is -2.43. The minimum Gasteiger partial charge on any atom is -0.469 e. The van der Waals surface area contributed by atoms with Gasteiger partial charge in [-0.05, 0) is 12.5 Å². The fourth-order valence-corrected chi connectivity index (χ4v) is 1.52. The zero-order valence-electron chi connectivity index (χ0n) is 11.5. The maximum Gasteiger partial charge on any atom is 0.407 e. The van der Waals surface area contributed by atoms with Crippen LogP contribution in [0.4, 0.5) is 4.79 Å². The van der Waals surface area contributed by atoms with Gasteiger partial charge in [-0.15, -0.1) is 0 Å². The Hall–Kier alpha value is -2.08. The van der Waals surface area contributed by atoms with Crippen LogP contribution in [-0.2, 0) is 20.9 Å². The third-order valence-electron chi connectivity index (χ3n) is 2.71. The number of hydrogen-bond donors (Lipinski definition) is 2. The maximum absolute atomic E-state index is 11.6. The number of rotatable bonds is 6. The van der Waals surface area contributed by atoms with E-state index in [0.717, 1.165) is 5.56 Å². The van der Waals surface area contributed by atoms with Crippen molar-refractivity contribution in [2.45, 2.75) is 32.1 Å². The van der Waals surface area contributed by atoms with Crippen LogP contribution in [0.1, 0.15) is 18.9 Å². The van der Waals surface area contributed by atoms with Crippen LogP contribution in [0.15, 0.2) is 30.3 Å². The van der Waals surface area contributed by atoms with E-state index in [-0.39, 0.29) is 13.0 Å². The molecule has 0 spiro atoms. The van der Waals surface area contributed by atoms with Crippen LogP contribution in [0.3, 0.4) is 0 Å². The Kier molecular flexibility index (Phi) is 6.52. The highest BCUT2D eigenvalue weighted by molar-refractivity contribution is 5.72. The first-order chi connectivity index (χ1) is 9.52. The molecule has 0 saturated heterocycles. The number of methoxy groups -OCH3 is 1. The normalized spacial score (nSPS) is 13.2. The lowest BCUT2D eigenvalue weighted by Gasteiger charge is -2.20. The van der Waals surface area contributed by atoms with Gasteiger partial charge in [0.15, 0.2) is 0 Å². The Morgan fingerprint density at radius 3 is 2.50 bits per heavy atom. The van der Waals surface area contributed by atoms with Gasteiger partial charge in [-0.1, -0.05) is 30.3 Å². The van der Waals surface area contributed by atoms with E-state index in [0.29, 0.717) is 0 Å². The van der Waals surface area contributed by atoms with E-state index in [1.165, 1.54) is 14.0 Å². The van der Waals surface area contributed by atoms with Crippen LogP contribution in [0.2, 0.25) is 0 Å². The number of amides is 1. The number of carbonyl (C=O) groups excluding carboxylic acids is 2. The summed E-state index contributed by atoms with van der Waals surface area (Å²) in [5.41, 5.74) is 0.851. The first-order valence-electron chi connectivity index (χ1n) is 6.25. The molecule has 1 amide bonds. The molecule has 0 aliphatic rings. The van der Waals surface area contributed by atoms with E-state index >= 15 is 0 Å². The van der Waals surface area contributed by atoms with Crippen LogP contribution in [0, 0.1) is 0 Å². The number of carbonyl (C=O) groups is 2. The summed E-state index contributed by atoms with van der Waals surface area (Å²) in [6.07, 6.45) is -1.70. The fourth-order valence-electron chi connectivity index (χ4n) is 1.52. The monoisotopic (exact) mass is 281 g/mol. The third-order valence-corrected chi connectivity index (χ3v) is 2.71. The minimum atomic E-state index is -0.890. The smallest absolute Gasteiger partial charge is 0.407 e. The van der Waals surface area contributed by atoms with Crippen molar-refractivity contribution in [3.8, 4) is 0 Å². The molecule has 1 unspecified atom stereocenters. The minimum absolute atomic E-state index is 0.116. The number of alkyl carbamates (subject to hydrolysis) is 1. The number of esters is 1. The number of benzene rings is 1. The molecular formula is C14H19NO5. The number of hydrogen-bond acceptors (Lipinski definition) is 5. The SMILES string of the molecule is COC(=O)C[C@@H](NC(=O)OCc1ccccc1)C(C)O. The first kappa shape index (κ1) is 16.0. The molecular weight excluding hydrogens is 262 g/mol. The van der Waals surface area contributed by atoms with Crippen LogP contribution in [0.25, 0.3) is 0 Å². The predicted molar refractivity (Wildman–Crippen MR) is 71.9 cm³/mol. The molecule has 0 fully saturated rings. The van der Waals surface area contributed by atoms with Crippen molar-refractivity contribution >= 4 is 12.1 Å². The number of aliphatic hydroxyl groups excluding tert-OH is 1. The molecule has 1 rings (SSSR count). The van der Waals surface area contributed by atoms with Gasteiger partial charge in [-0.2, -0.15) is 0 Å². The van der Waals surface area contributed by atoms with Crippen LogP contribution >= 0.6 is 0 Å². The maximum atomic E-state index is 11.6. The molecule has 1 aromatic rings. The molecule has 2 atom stereocenters. The molecule has 0 aliphatic heterocycles. The van der Waals surface area contributed by atoms with Crippen molar-refractivity contribution in [2.24, 2.45) is 0 Å². The van der Waals surface area contributed by atoms with E-state index < -0.39 is 24.2 Å². The molecule has 0 aliphatic carbocycles. The van der Waals surface area contributed by atoms with Crippen molar-refractivity contribution in [3.05, 3.63) is 35.9 Å². The van der Waals surface area contributed by atoms with Gasteiger partial charge in [-0.25, -0.2) is 4.79 Å². The van der Waals surface area contributed by atoms with Gasteiger partial charge in [-0.3, -0.25) is 4.79 Å². The van der Waals surface area contributed by atoms with Crippen molar-refractivity contribution < 1.29 is 24.2 Å². The molecule has 20 heavy (non-hydrogen) atoms. The Morgan fingerprint density at radius 2 is 1.95 bits per heavy atom. The standard InChI is InChI=1S/C14H19NO5/c1-10(16)12(8-13(17)19-2)15-14(18)20-9-11-6-4-3-5-7-11/h3-7,10,12,16H,8-9H2,1-2H3,(H,15,18)/t10?,12-/m1/s1. The summed E-state index contributed by atoms with van der Waals surface area (Å²) in [6, 6.07) is 8.45. The quantitative estimate of drug-likeness (QED) is 0.766. The second kappa shape index (κ2) is 8.16. The van der Waals surface area contributed by atoms with Crippen molar-refractivity contribution in [1.82, 2.24) is 5.32 Å². The average Bonchev–Trinajstić information content (AvgIpc) is 2.45.